The van der Waals surface area contributed by atoms with E-state index in [1.54, 1.807) is 21.3 Å². The molecule has 0 spiro atoms. The average Bonchev–Trinajstić information content (AvgIpc) is 2.83. The van der Waals surface area contributed by atoms with Crippen LogP contribution in [0.15, 0.2) is 12.1 Å². The molecular formula is C11H12N2O3S2. The molecule has 1 aromatic carbocycles. The van der Waals surface area contributed by atoms with Crippen molar-refractivity contribution in [3.05, 3.63) is 16.1 Å². The molecule has 0 fully saturated rings. The van der Waals surface area contributed by atoms with Crippen molar-refractivity contribution in [3.63, 3.8) is 0 Å². The number of rotatable bonds is 4. The first-order valence-electron chi connectivity index (χ1n) is 5.05. The smallest absolute Gasteiger partial charge is 0.203 e. The Hall–Kier alpha value is -1.60. The van der Waals surface area contributed by atoms with Crippen LogP contribution < -0.4 is 14.2 Å². The van der Waals surface area contributed by atoms with Gasteiger partial charge < -0.3 is 14.2 Å². The second kappa shape index (κ2) is 5.36. The van der Waals surface area contributed by atoms with Crippen LogP contribution in [0.3, 0.4) is 0 Å². The molecule has 0 aliphatic carbocycles. The van der Waals surface area contributed by atoms with Crippen molar-refractivity contribution < 1.29 is 14.2 Å². The van der Waals surface area contributed by atoms with Gasteiger partial charge in [-0.15, -0.1) is 0 Å². The zero-order valence-electron chi connectivity index (χ0n) is 10.1. The van der Waals surface area contributed by atoms with E-state index in [1.165, 1.54) is 11.3 Å². The number of methoxy groups -OCH3 is 3. The predicted octanol–water partition coefficient (Wildman–Crippen LogP) is 2.89. The molecule has 0 unspecified atom stereocenters. The van der Waals surface area contributed by atoms with E-state index in [9.17, 15) is 0 Å². The molecule has 1 aromatic heterocycles. The molecule has 7 heteroatoms. The van der Waals surface area contributed by atoms with Crippen LogP contribution in [0.4, 0.5) is 0 Å². The Morgan fingerprint density at radius 1 is 1.11 bits per heavy atom. The summed E-state index contributed by atoms with van der Waals surface area (Å²) in [7, 11) is 4.72. The van der Waals surface area contributed by atoms with Crippen LogP contribution in [0.25, 0.3) is 10.6 Å². The van der Waals surface area contributed by atoms with Gasteiger partial charge in [-0.3, -0.25) is 5.10 Å². The maximum atomic E-state index is 5.28. The lowest BCUT2D eigenvalue weighted by Gasteiger charge is -2.12. The fourth-order valence-electron chi connectivity index (χ4n) is 1.56. The fourth-order valence-corrected chi connectivity index (χ4v) is 2.43. The number of hydrogen-bond donors (Lipinski definition) is 1. The Bertz CT molecular complexity index is 581. The van der Waals surface area contributed by atoms with E-state index in [2.05, 4.69) is 10.2 Å². The maximum Gasteiger partial charge on any atom is 0.203 e. The maximum absolute atomic E-state index is 5.28. The highest BCUT2D eigenvalue weighted by Gasteiger charge is 2.15. The number of hydrogen-bond acceptors (Lipinski definition) is 6. The molecule has 0 radical (unpaired) electrons. The zero-order chi connectivity index (χ0) is 13.1. The number of nitrogens with one attached hydrogen (secondary N) is 1. The van der Waals surface area contributed by atoms with Crippen molar-refractivity contribution in [2.24, 2.45) is 0 Å². The highest BCUT2D eigenvalue weighted by Crippen LogP contribution is 2.41. The Labute approximate surface area is 113 Å². The van der Waals surface area contributed by atoms with Gasteiger partial charge in [-0.2, -0.15) is 5.10 Å². The van der Waals surface area contributed by atoms with E-state index >= 15 is 0 Å². The van der Waals surface area contributed by atoms with Gasteiger partial charge in [-0.05, 0) is 24.4 Å². The molecule has 0 bridgehead atoms. The SMILES string of the molecule is COc1cc(-c2n[nH]c(=S)s2)cc(OC)c1OC. The number of aromatic nitrogens is 2. The third kappa shape index (κ3) is 2.32. The summed E-state index contributed by atoms with van der Waals surface area (Å²) in [5, 5.41) is 7.65. The molecule has 5 nitrogen and oxygen atoms in total. The fraction of sp³-hybridized carbons (Fsp3) is 0.273. The quantitative estimate of drug-likeness (QED) is 0.875. The molecule has 1 N–H and O–H groups in total. The largest absolute Gasteiger partial charge is 0.493 e. The van der Waals surface area contributed by atoms with E-state index < -0.39 is 0 Å². The van der Waals surface area contributed by atoms with Crippen LogP contribution in [0.2, 0.25) is 0 Å². The second-order valence-electron chi connectivity index (χ2n) is 3.33. The minimum atomic E-state index is 0.558. The predicted molar refractivity (Wildman–Crippen MR) is 72.4 cm³/mol. The first kappa shape index (κ1) is 12.8. The molecular weight excluding hydrogens is 272 g/mol. The van der Waals surface area contributed by atoms with Crippen LogP contribution >= 0.6 is 23.6 Å². The Balaban J connectivity index is 2.59. The average molecular weight is 284 g/mol. The zero-order valence-corrected chi connectivity index (χ0v) is 11.8. The molecule has 0 aliphatic heterocycles. The second-order valence-corrected chi connectivity index (χ2v) is 5.00. The van der Waals surface area contributed by atoms with Gasteiger partial charge in [-0.1, -0.05) is 11.3 Å². The molecule has 0 saturated heterocycles. The molecule has 18 heavy (non-hydrogen) atoms. The third-order valence-electron chi connectivity index (χ3n) is 2.35. The van der Waals surface area contributed by atoms with E-state index in [4.69, 9.17) is 26.4 Å². The number of aromatic amines is 1. The number of nitrogens with zero attached hydrogens (tertiary/aromatic N) is 1. The highest BCUT2D eigenvalue weighted by molar-refractivity contribution is 7.73. The first-order chi connectivity index (χ1) is 8.69. The molecule has 96 valence electrons. The van der Waals surface area contributed by atoms with Gasteiger partial charge in [0.1, 0.15) is 5.01 Å². The van der Waals surface area contributed by atoms with Crippen molar-refractivity contribution in [2.45, 2.75) is 0 Å². The van der Waals surface area contributed by atoms with E-state index in [1.807, 2.05) is 12.1 Å². The van der Waals surface area contributed by atoms with Crippen LogP contribution in [0.1, 0.15) is 0 Å². The molecule has 2 rings (SSSR count). The summed E-state index contributed by atoms with van der Waals surface area (Å²) in [6, 6.07) is 3.67. The van der Waals surface area contributed by atoms with E-state index in [0.717, 1.165) is 10.6 Å². The van der Waals surface area contributed by atoms with Crippen molar-refractivity contribution in [1.82, 2.24) is 10.2 Å². The minimum absolute atomic E-state index is 0.558. The van der Waals surface area contributed by atoms with Gasteiger partial charge in [0.05, 0.1) is 21.3 Å². The molecule has 0 saturated carbocycles. The molecule has 0 aliphatic rings. The van der Waals surface area contributed by atoms with Crippen molar-refractivity contribution >= 4 is 23.6 Å². The Morgan fingerprint density at radius 2 is 1.72 bits per heavy atom. The summed E-state index contributed by atoms with van der Waals surface area (Å²) in [6.45, 7) is 0. The highest BCUT2D eigenvalue weighted by atomic mass is 32.1. The van der Waals surface area contributed by atoms with Crippen LogP contribution in [0, 0.1) is 3.95 Å². The molecule has 0 atom stereocenters. The van der Waals surface area contributed by atoms with Crippen molar-refractivity contribution in [2.75, 3.05) is 21.3 Å². The summed E-state index contributed by atoms with van der Waals surface area (Å²) in [5.74, 6) is 1.74. The Morgan fingerprint density at radius 3 is 2.11 bits per heavy atom. The number of benzene rings is 1. The topological polar surface area (TPSA) is 56.4 Å². The van der Waals surface area contributed by atoms with Crippen LogP contribution in [-0.4, -0.2) is 31.5 Å². The standard InChI is InChI=1S/C11H12N2O3S2/c1-14-7-4-6(10-12-13-11(17)18-10)5-8(15-2)9(7)16-3/h4-5H,1-3H3,(H,13,17). The Kier molecular flexibility index (Phi) is 3.83. The lowest BCUT2D eigenvalue weighted by molar-refractivity contribution is 0.324. The van der Waals surface area contributed by atoms with Gasteiger partial charge in [-0.25, -0.2) is 0 Å². The number of ether oxygens (including phenoxy) is 3. The van der Waals surface area contributed by atoms with Gasteiger partial charge >= 0.3 is 0 Å². The van der Waals surface area contributed by atoms with Gasteiger partial charge in [0.25, 0.3) is 0 Å². The molecule has 1 heterocycles. The molecule has 2 aromatic rings. The summed E-state index contributed by atoms with van der Waals surface area (Å²) in [5.41, 5.74) is 0.863. The lowest BCUT2D eigenvalue weighted by atomic mass is 10.2. The minimum Gasteiger partial charge on any atom is -0.493 e. The molecule has 0 amide bonds. The van der Waals surface area contributed by atoms with E-state index in [0.29, 0.717) is 21.2 Å². The van der Waals surface area contributed by atoms with Crippen molar-refractivity contribution in [1.29, 1.82) is 0 Å². The summed E-state index contributed by atoms with van der Waals surface area (Å²) >= 11 is 6.41. The van der Waals surface area contributed by atoms with E-state index in [-0.39, 0.29) is 0 Å². The third-order valence-corrected chi connectivity index (χ3v) is 3.49. The van der Waals surface area contributed by atoms with Crippen LogP contribution in [0.5, 0.6) is 17.2 Å². The number of H-pyrrole nitrogens is 1. The normalized spacial score (nSPS) is 10.2. The lowest BCUT2D eigenvalue weighted by Crippen LogP contribution is -1.95. The van der Waals surface area contributed by atoms with Gasteiger partial charge in [0, 0.05) is 5.56 Å². The summed E-state index contributed by atoms with van der Waals surface area (Å²) in [4.78, 5) is 0. The summed E-state index contributed by atoms with van der Waals surface area (Å²) in [6.07, 6.45) is 0. The van der Waals surface area contributed by atoms with Crippen LogP contribution in [-0.2, 0) is 0 Å². The monoisotopic (exact) mass is 284 g/mol. The van der Waals surface area contributed by atoms with Gasteiger partial charge in [0.15, 0.2) is 15.5 Å². The van der Waals surface area contributed by atoms with Gasteiger partial charge in [0.2, 0.25) is 5.75 Å². The van der Waals surface area contributed by atoms with Crippen molar-refractivity contribution in [3.8, 4) is 27.8 Å². The summed E-state index contributed by atoms with van der Waals surface area (Å²) < 4.78 is 16.4. The first-order valence-corrected chi connectivity index (χ1v) is 6.28.